The summed E-state index contributed by atoms with van der Waals surface area (Å²) in [4.78, 5) is 12.0. The fourth-order valence-electron chi connectivity index (χ4n) is 1.90. The maximum Gasteiger partial charge on any atom is 0.195 e. The summed E-state index contributed by atoms with van der Waals surface area (Å²) in [5, 5.41) is 8.54. The zero-order valence-corrected chi connectivity index (χ0v) is 12.3. The first-order chi connectivity index (χ1) is 11.1. The minimum Gasteiger partial charge on any atom is -0.505 e. The topological polar surface area (TPSA) is 63.3 Å². The average molecular weight is 309 g/mol. The zero-order valence-electron chi connectivity index (χ0n) is 12.3. The van der Waals surface area contributed by atoms with Gasteiger partial charge >= 0.3 is 0 Å². The van der Waals surface area contributed by atoms with E-state index < -0.39 is 5.82 Å². The standard InChI is InChI=1S/C13H11NO.C6H5FO/c14-12-9-5-4-8-11(12)13(15)10-6-2-1-3-7-10;7-5-3-1-2-4-6(5)8/h1-9H,14H2;1-4,8H. The Balaban J connectivity index is 0.000000203. The maximum atomic E-state index is 12.1. The quantitative estimate of drug-likeness (QED) is 0.555. The van der Waals surface area contributed by atoms with Gasteiger partial charge in [0.25, 0.3) is 0 Å². The SMILES string of the molecule is Nc1ccccc1C(=O)c1ccccc1.Oc1ccccc1F. The molecule has 0 aliphatic heterocycles. The molecule has 3 N–H and O–H groups in total. The van der Waals surface area contributed by atoms with Crippen molar-refractivity contribution in [1.29, 1.82) is 0 Å². The summed E-state index contributed by atoms with van der Waals surface area (Å²) in [6.45, 7) is 0. The summed E-state index contributed by atoms with van der Waals surface area (Å²) in [5.41, 5.74) is 7.48. The molecule has 0 bridgehead atoms. The van der Waals surface area contributed by atoms with Gasteiger partial charge in [0.05, 0.1) is 0 Å². The van der Waals surface area contributed by atoms with Gasteiger partial charge in [-0.05, 0) is 24.3 Å². The summed E-state index contributed by atoms with van der Waals surface area (Å²) in [6, 6.07) is 21.8. The number of hydrogen-bond acceptors (Lipinski definition) is 3. The molecule has 0 unspecified atom stereocenters. The van der Waals surface area contributed by atoms with Crippen molar-refractivity contribution in [3.8, 4) is 5.75 Å². The molecule has 0 heterocycles. The molecule has 116 valence electrons. The zero-order chi connectivity index (χ0) is 16.7. The molecule has 0 saturated heterocycles. The third-order valence-corrected chi connectivity index (χ3v) is 3.09. The fourth-order valence-corrected chi connectivity index (χ4v) is 1.90. The van der Waals surface area contributed by atoms with Crippen LogP contribution in [0, 0.1) is 5.82 Å². The Bertz CT molecular complexity index is 767. The number of carbonyl (C=O) groups is 1. The molecular formula is C19H16FNO2. The van der Waals surface area contributed by atoms with Crippen molar-refractivity contribution in [2.75, 3.05) is 5.73 Å². The van der Waals surface area contributed by atoms with Crippen LogP contribution in [0.25, 0.3) is 0 Å². The maximum absolute atomic E-state index is 12.1. The van der Waals surface area contributed by atoms with E-state index in [9.17, 15) is 9.18 Å². The van der Waals surface area contributed by atoms with Crippen LogP contribution in [0.3, 0.4) is 0 Å². The van der Waals surface area contributed by atoms with Crippen molar-refractivity contribution in [2.45, 2.75) is 0 Å². The van der Waals surface area contributed by atoms with Crippen LogP contribution in [-0.4, -0.2) is 10.9 Å². The van der Waals surface area contributed by atoms with E-state index in [1.807, 2.05) is 30.3 Å². The first-order valence-electron chi connectivity index (χ1n) is 6.97. The van der Waals surface area contributed by atoms with Gasteiger partial charge in [0.1, 0.15) is 0 Å². The first kappa shape index (κ1) is 16.2. The summed E-state index contributed by atoms with van der Waals surface area (Å²) < 4.78 is 12.1. The molecule has 0 aromatic heterocycles. The largest absolute Gasteiger partial charge is 0.505 e. The van der Waals surface area contributed by atoms with Crippen molar-refractivity contribution in [3.63, 3.8) is 0 Å². The van der Waals surface area contributed by atoms with E-state index in [1.165, 1.54) is 18.2 Å². The Morgan fingerprint density at radius 1 is 0.826 bits per heavy atom. The van der Waals surface area contributed by atoms with Gasteiger partial charge in [0.15, 0.2) is 17.3 Å². The number of phenolic OH excluding ortho intramolecular Hbond substituents is 1. The van der Waals surface area contributed by atoms with E-state index in [4.69, 9.17) is 10.8 Å². The number of carbonyl (C=O) groups excluding carboxylic acids is 1. The van der Waals surface area contributed by atoms with Gasteiger partial charge in [0.2, 0.25) is 0 Å². The van der Waals surface area contributed by atoms with Crippen LogP contribution < -0.4 is 5.73 Å². The first-order valence-corrected chi connectivity index (χ1v) is 6.97. The van der Waals surface area contributed by atoms with E-state index in [1.54, 1.807) is 30.3 Å². The lowest BCUT2D eigenvalue weighted by Crippen LogP contribution is -2.04. The van der Waals surface area contributed by atoms with Gasteiger partial charge in [-0.15, -0.1) is 0 Å². The van der Waals surface area contributed by atoms with Crippen LogP contribution in [0.2, 0.25) is 0 Å². The number of aromatic hydroxyl groups is 1. The predicted octanol–water partition coefficient (Wildman–Crippen LogP) is 4.03. The van der Waals surface area contributed by atoms with E-state index in [-0.39, 0.29) is 11.5 Å². The molecule has 0 spiro atoms. The highest BCUT2D eigenvalue weighted by Crippen LogP contribution is 2.15. The van der Waals surface area contributed by atoms with Gasteiger partial charge in [-0.1, -0.05) is 54.6 Å². The average Bonchev–Trinajstić information content (AvgIpc) is 2.59. The van der Waals surface area contributed by atoms with E-state index >= 15 is 0 Å². The monoisotopic (exact) mass is 309 g/mol. The van der Waals surface area contributed by atoms with Crippen molar-refractivity contribution in [2.24, 2.45) is 0 Å². The number of phenols is 1. The van der Waals surface area contributed by atoms with Gasteiger partial charge in [0, 0.05) is 16.8 Å². The molecule has 0 atom stereocenters. The van der Waals surface area contributed by atoms with E-state index in [0.717, 1.165) is 0 Å². The second-order valence-corrected chi connectivity index (χ2v) is 4.73. The van der Waals surface area contributed by atoms with Crippen LogP contribution in [0.4, 0.5) is 10.1 Å². The van der Waals surface area contributed by atoms with Crippen LogP contribution in [0.15, 0.2) is 78.9 Å². The van der Waals surface area contributed by atoms with Crippen LogP contribution in [0.1, 0.15) is 15.9 Å². The lowest BCUT2D eigenvalue weighted by Gasteiger charge is -2.03. The number of nitrogens with two attached hydrogens (primary N) is 1. The van der Waals surface area contributed by atoms with E-state index in [2.05, 4.69) is 0 Å². The number of ketones is 1. The van der Waals surface area contributed by atoms with Crippen molar-refractivity contribution in [1.82, 2.24) is 0 Å². The highest BCUT2D eigenvalue weighted by atomic mass is 19.1. The molecule has 3 rings (SSSR count). The van der Waals surface area contributed by atoms with Crippen molar-refractivity contribution >= 4 is 11.5 Å². The second kappa shape index (κ2) is 7.75. The Morgan fingerprint density at radius 3 is 1.96 bits per heavy atom. The molecule has 0 aliphatic rings. The summed E-state index contributed by atoms with van der Waals surface area (Å²) in [6.07, 6.45) is 0. The minimum absolute atomic E-state index is 0.0336. The summed E-state index contributed by atoms with van der Waals surface area (Å²) in [7, 11) is 0. The molecule has 0 amide bonds. The van der Waals surface area contributed by atoms with E-state index in [0.29, 0.717) is 16.8 Å². The van der Waals surface area contributed by atoms with Crippen LogP contribution in [-0.2, 0) is 0 Å². The number of benzene rings is 3. The normalized spacial score (nSPS) is 9.61. The molecule has 0 fully saturated rings. The number of hydrogen-bond donors (Lipinski definition) is 2. The molecule has 0 aliphatic carbocycles. The van der Waals surface area contributed by atoms with Gasteiger partial charge < -0.3 is 10.8 Å². The lowest BCUT2D eigenvalue weighted by atomic mass is 10.0. The number of rotatable bonds is 2. The van der Waals surface area contributed by atoms with Crippen molar-refractivity contribution in [3.05, 3.63) is 95.8 Å². The second-order valence-electron chi connectivity index (χ2n) is 4.73. The summed E-state index contributed by atoms with van der Waals surface area (Å²) >= 11 is 0. The molecule has 0 radical (unpaired) electrons. The Morgan fingerprint density at radius 2 is 1.39 bits per heavy atom. The smallest absolute Gasteiger partial charge is 0.195 e. The van der Waals surface area contributed by atoms with Crippen molar-refractivity contribution < 1.29 is 14.3 Å². The van der Waals surface area contributed by atoms with Gasteiger partial charge in [-0.25, -0.2) is 4.39 Å². The third-order valence-electron chi connectivity index (χ3n) is 3.09. The molecule has 3 nitrogen and oxygen atoms in total. The number of nitrogen functional groups attached to an aromatic ring is 1. The highest BCUT2D eigenvalue weighted by Gasteiger charge is 2.10. The molecule has 3 aromatic rings. The van der Waals surface area contributed by atoms with Gasteiger partial charge in [-0.2, -0.15) is 0 Å². The van der Waals surface area contributed by atoms with Crippen LogP contribution in [0.5, 0.6) is 5.75 Å². The Kier molecular flexibility index (Phi) is 5.47. The Labute approximate surface area is 133 Å². The number of para-hydroxylation sites is 2. The Hall–Kier alpha value is -3.14. The lowest BCUT2D eigenvalue weighted by molar-refractivity contribution is 0.103. The molecule has 3 aromatic carbocycles. The molecular weight excluding hydrogens is 293 g/mol. The molecule has 23 heavy (non-hydrogen) atoms. The van der Waals surface area contributed by atoms with Crippen LogP contribution >= 0.6 is 0 Å². The predicted molar refractivity (Wildman–Crippen MR) is 88.8 cm³/mol. The molecule has 4 heteroatoms. The number of halogens is 1. The van der Waals surface area contributed by atoms with Gasteiger partial charge in [-0.3, -0.25) is 4.79 Å². The minimum atomic E-state index is -0.576. The number of anilines is 1. The fraction of sp³-hybridized carbons (Fsp3) is 0. The highest BCUT2D eigenvalue weighted by molar-refractivity contribution is 6.11. The third kappa shape index (κ3) is 4.41. The molecule has 0 saturated carbocycles. The summed E-state index contributed by atoms with van der Waals surface area (Å²) in [5.74, 6) is -0.909.